The molecule has 2 rings (SSSR count). The van der Waals surface area contributed by atoms with Gasteiger partial charge in [0.25, 0.3) is 0 Å². The molecular weight excluding hydrogens is 231 g/mol. The number of nitrogens with one attached hydrogen (secondary N) is 2. The number of nitrogens with zero attached hydrogens (tertiary/aromatic N) is 2. The summed E-state index contributed by atoms with van der Waals surface area (Å²) in [6.45, 7) is 4.15. The summed E-state index contributed by atoms with van der Waals surface area (Å²) in [7, 11) is 0. The largest absolute Gasteiger partial charge is 0.337 e. The van der Waals surface area contributed by atoms with Crippen molar-refractivity contribution in [3.8, 4) is 0 Å². The molecule has 2 heterocycles. The van der Waals surface area contributed by atoms with Gasteiger partial charge in [-0.15, -0.1) is 0 Å². The van der Waals surface area contributed by atoms with Gasteiger partial charge in [0.15, 0.2) is 0 Å². The lowest BCUT2D eigenvalue weighted by Gasteiger charge is -2.40. The molecule has 98 valence electrons. The van der Waals surface area contributed by atoms with Crippen LogP contribution in [0.4, 0.5) is 4.39 Å². The highest BCUT2D eigenvalue weighted by Crippen LogP contribution is 2.22. The third-order valence-corrected chi connectivity index (χ3v) is 3.58. The third-order valence-electron chi connectivity index (χ3n) is 3.58. The maximum atomic E-state index is 13.2. The minimum atomic E-state index is -0.423. The van der Waals surface area contributed by atoms with Gasteiger partial charge in [-0.2, -0.15) is 0 Å². The van der Waals surface area contributed by atoms with E-state index in [9.17, 15) is 4.39 Å². The van der Waals surface area contributed by atoms with Crippen LogP contribution in [-0.2, 0) is 0 Å². The first kappa shape index (κ1) is 12.8. The zero-order valence-corrected chi connectivity index (χ0v) is 10.8. The van der Waals surface area contributed by atoms with Crippen LogP contribution in [0.1, 0.15) is 33.1 Å². The van der Waals surface area contributed by atoms with Crippen molar-refractivity contribution in [2.24, 2.45) is 0 Å². The van der Waals surface area contributed by atoms with Crippen LogP contribution in [0.15, 0.2) is 18.3 Å². The average molecular weight is 250 g/mol. The lowest BCUT2D eigenvalue weighted by molar-refractivity contribution is 0.184. The van der Waals surface area contributed by atoms with E-state index in [0.29, 0.717) is 0 Å². The summed E-state index contributed by atoms with van der Waals surface area (Å²) in [6.07, 6.45) is 4.44. The lowest BCUT2D eigenvalue weighted by Crippen LogP contribution is -2.51. The Balaban J connectivity index is 2.35. The van der Waals surface area contributed by atoms with Gasteiger partial charge in [0.05, 0.1) is 0 Å². The normalized spacial score (nSPS) is 24.1. The Bertz CT molecular complexity index is 498. The highest BCUT2D eigenvalue weighted by Gasteiger charge is 2.27. The van der Waals surface area contributed by atoms with Crippen molar-refractivity contribution in [1.29, 1.82) is 10.8 Å². The molecule has 5 heteroatoms. The smallest absolute Gasteiger partial charge is 0.204 e. The Labute approximate surface area is 106 Å². The number of aromatic nitrogens is 1. The van der Waals surface area contributed by atoms with E-state index in [-0.39, 0.29) is 23.5 Å². The van der Waals surface area contributed by atoms with Gasteiger partial charge in [-0.25, -0.2) is 4.39 Å². The molecule has 0 amide bonds. The highest BCUT2D eigenvalue weighted by atomic mass is 19.1. The number of halogens is 1. The summed E-state index contributed by atoms with van der Waals surface area (Å²) in [5.41, 5.74) is 0.131. The van der Waals surface area contributed by atoms with Crippen LogP contribution in [0.2, 0.25) is 0 Å². The highest BCUT2D eigenvalue weighted by molar-refractivity contribution is 5.79. The second-order valence-corrected chi connectivity index (χ2v) is 4.96. The average Bonchev–Trinajstić information content (AvgIpc) is 2.32. The Kier molecular flexibility index (Phi) is 3.50. The molecule has 0 aliphatic carbocycles. The quantitative estimate of drug-likeness (QED) is 0.538. The minimum absolute atomic E-state index is 0.131. The van der Waals surface area contributed by atoms with Gasteiger partial charge in [0.2, 0.25) is 5.96 Å². The van der Waals surface area contributed by atoms with E-state index in [1.807, 2.05) is 4.90 Å². The molecule has 1 saturated heterocycles. The van der Waals surface area contributed by atoms with Crippen LogP contribution in [-0.4, -0.2) is 27.5 Å². The summed E-state index contributed by atoms with van der Waals surface area (Å²) >= 11 is 0. The fourth-order valence-corrected chi connectivity index (χ4v) is 2.61. The Morgan fingerprint density at radius 1 is 1.28 bits per heavy atom. The Hall–Kier alpha value is -1.65. The maximum Gasteiger partial charge on any atom is 0.204 e. The summed E-state index contributed by atoms with van der Waals surface area (Å²) in [6, 6.07) is 3.14. The predicted molar refractivity (Wildman–Crippen MR) is 68.0 cm³/mol. The van der Waals surface area contributed by atoms with Crippen molar-refractivity contribution in [2.75, 3.05) is 0 Å². The van der Waals surface area contributed by atoms with Crippen LogP contribution in [0.3, 0.4) is 0 Å². The van der Waals surface area contributed by atoms with Gasteiger partial charge in [-0.3, -0.25) is 15.4 Å². The van der Waals surface area contributed by atoms with Crippen molar-refractivity contribution in [3.05, 3.63) is 29.6 Å². The van der Waals surface area contributed by atoms with Crippen LogP contribution >= 0.6 is 0 Å². The number of rotatable bonds is 0. The Morgan fingerprint density at radius 2 is 1.89 bits per heavy atom. The molecule has 0 bridgehead atoms. The lowest BCUT2D eigenvalue weighted by atomic mass is 9.98. The number of pyridine rings is 1. The molecule has 0 radical (unpaired) electrons. The molecule has 0 saturated carbocycles. The monoisotopic (exact) mass is 250 g/mol. The number of piperidine rings is 1. The van der Waals surface area contributed by atoms with Gasteiger partial charge >= 0.3 is 0 Å². The summed E-state index contributed by atoms with van der Waals surface area (Å²) in [5, 5.41) is 16.0. The van der Waals surface area contributed by atoms with Crippen LogP contribution in [0.25, 0.3) is 0 Å². The maximum absolute atomic E-state index is 13.2. The fourth-order valence-electron chi connectivity index (χ4n) is 2.61. The topological polar surface area (TPSA) is 55.9 Å². The van der Waals surface area contributed by atoms with E-state index in [4.69, 9.17) is 10.8 Å². The number of hydrogen-bond acceptors (Lipinski definition) is 2. The van der Waals surface area contributed by atoms with Crippen molar-refractivity contribution in [2.45, 2.75) is 45.2 Å². The minimum Gasteiger partial charge on any atom is -0.337 e. The molecule has 0 unspecified atom stereocenters. The van der Waals surface area contributed by atoms with E-state index in [1.165, 1.54) is 22.9 Å². The van der Waals surface area contributed by atoms with Crippen molar-refractivity contribution >= 4 is 5.96 Å². The van der Waals surface area contributed by atoms with Gasteiger partial charge < -0.3 is 4.90 Å². The van der Waals surface area contributed by atoms with E-state index < -0.39 is 5.82 Å². The second-order valence-electron chi connectivity index (χ2n) is 4.96. The SMILES string of the molecule is C[C@@H]1CCC[C@H](C)N1C(=N)n1cc(F)ccc1=N. The molecule has 2 atom stereocenters. The predicted octanol–water partition coefficient (Wildman–Crippen LogP) is 2.15. The summed E-state index contributed by atoms with van der Waals surface area (Å²) in [4.78, 5) is 1.97. The molecule has 2 N–H and O–H groups in total. The van der Waals surface area contributed by atoms with Gasteiger partial charge in [0, 0.05) is 18.3 Å². The second kappa shape index (κ2) is 4.92. The standard InChI is InChI=1S/C13H19FN4/c1-9-4-3-5-10(2)18(9)13(16)17-8-11(14)6-7-12(17)15/h6-10,15-16H,3-5H2,1-2H3/t9-,10+. The van der Waals surface area contributed by atoms with E-state index in [2.05, 4.69) is 13.8 Å². The van der Waals surface area contributed by atoms with Crippen LogP contribution in [0.5, 0.6) is 0 Å². The van der Waals surface area contributed by atoms with E-state index in [0.717, 1.165) is 19.3 Å². The molecular formula is C13H19FN4. The van der Waals surface area contributed by atoms with E-state index >= 15 is 0 Å². The van der Waals surface area contributed by atoms with Crippen molar-refractivity contribution < 1.29 is 4.39 Å². The molecule has 1 fully saturated rings. The van der Waals surface area contributed by atoms with Crippen molar-refractivity contribution in [1.82, 2.24) is 9.47 Å². The molecule has 1 aliphatic heterocycles. The van der Waals surface area contributed by atoms with Crippen molar-refractivity contribution in [3.63, 3.8) is 0 Å². The third kappa shape index (κ3) is 2.30. The van der Waals surface area contributed by atoms with Crippen LogP contribution in [0, 0.1) is 16.6 Å². The van der Waals surface area contributed by atoms with Gasteiger partial charge in [-0.05, 0) is 45.2 Å². The molecule has 0 aromatic carbocycles. The van der Waals surface area contributed by atoms with Gasteiger partial charge in [0.1, 0.15) is 11.3 Å². The first-order valence-electron chi connectivity index (χ1n) is 6.30. The molecule has 1 aromatic heterocycles. The number of likely N-dealkylation sites (tertiary alicyclic amines) is 1. The zero-order valence-electron chi connectivity index (χ0n) is 10.8. The van der Waals surface area contributed by atoms with E-state index in [1.54, 1.807) is 0 Å². The molecule has 1 aliphatic rings. The Morgan fingerprint density at radius 3 is 2.50 bits per heavy atom. The van der Waals surface area contributed by atoms with Gasteiger partial charge in [-0.1, -0.05) is 0 Å². The van der Waals surface area contributed by atoms with Crippen LogP contribution < -0.4 is 5.49 Å². The zero-order chi connectivity index (χ0) is 13.3. The fraction of sp³-hybridized carbons (Fsp3) is 0.538. The molecule has 18 heavy (non-hydrogen) atoms. The summed E-state index contributed by atoms with van der Waals surface area (Å²) < 4.78 is 14.5. The summed E-state index contributed by atoms with van der Waals surface area (Å²) in [5.74, 6) is -0.229. The first-order valence-corrected chi connectivity index (χ1v) is 6.30. The molecule has 4 nitrogen and oxygen atoms in total. The molecule has 1 aromatic rings. The first-order chi connectivity index (χ1) is 8.50. The molecule has 0 spiro atoms. The number of hydrogen-bond donors (Lipinski definition) is 2.